The van der Waals surface area contributed by atoms with Crippen molar-refractivity contribution < 1.29 is 79.6 Å². The maximum absolute atomic E-state index is 15.1. The molecule has 6 N–H and O–H groups in total. The Labute approximate surface area is 698 Å². The van der Waals surface area contributed by atoms with Crippen molar-refractivity contribution in [3.8, 4) is 52.1 Å². The van der Waals surface area contributed by atoms with E-state index in [1.807, 2.05) is 26.2 Å². The third kappa shape index (κ3) is 20.2. The number of nitrogens with one attached hydrogen (secondary N) is 6. The molecular formula is C83H88Cl2F4N18O13. The number of carbonyl (C=O) groups excluding carboxylic acids is 6. The van der Waals surface area contributed by atoms with Crippen LogP contribution in [0.15, 0.2) is 122 Å². The van der Waals surface area contributed by atoms with E-state index < -0.39 is 29.3 Å². The van der Waals surface area contributed by atoms with Crippen LogP contribution in [0.1, 0.15) is 123 Å². The summed E-state index contributed by atoms with van der Waals surface area (Å²) in [5.74, 6) is -1.57. The fraction of sp³-hybridized carbons (Fsp3) is 0.349. The Morgan fingerprint density at radius 2 is 0.850 bits per heavy atom. The molecule has 6 aliphatic heterocycles. The summed E-state index contributed by atoms with van der Waals surface area (Å²) in [6.07, 6.45) is 4.22. The van der Waals surface area contributed by atoms with Gasteiger partial charge in [0.2, 0.25) is 35.5 Å². The monoisotopic (exact) mass is 1690 g/mol. The Hall–Kier alpha value is -12.3. The van der Waals surface area contributed by atoms with Gasteiger partial charge in [-0.15, -0.1) is 0 Å². The van der Waals surface area contributed by atoms with Gasteiger partial charge in [-0.25, -0.2) is 24.4 Å². The number of methoxy groups -OCH3 is 3. The van der Waals surface area contributed by atoms with E-state index in [1.165, 1.54) is 69.0 Å². The number of aromatic nitrogens is 6. The van der Waals surface area contributed by atoms with E-state index >= 15 is 4.39 Å². The molecule has 6 aromatic carbocycles. The van der Waals surface area contributed by atoms with Gasteiger partial charge in [-0.2, -0.15) is 28.1 Å². The fourth-order valence-electron chi connectivity index (χ4n) is 14.2. The lowest BCUT2D eigenvalue weighted by atomic mass is 9.98. The van der Waals surface area contributed by atoms with Gasteiger partial charge in [0.15, 0.2) is 0 Å². The van der Waals surface area contributed by atoms with Crippen LogP contribution in [0, 0.1) is 5.82 Å². The molecule has 6 aliphatic rings. The third-order valence-electron chi connectivity index (χ3n) is 21.0. The first kappa shape index (κ1) is 85.6. The SMILES string of the molecule is COc1cc(C(=O)NC2CCN(C)CC2)c(F)cc1Nc1ncc(Cl)c(Oc2cccc3c2C(=O)N(OC)C3)n1.COc1cc(C(=O)NC2CCN(C)CC2)ccc1Nc1ncc(C(F)(F)F)c(Oc2cccc3c2C(=O)N(C)CC3)n1.COc1cc(C(=O)NC2CCN(C)CC2)ccc1Nc1ncc(Cl)c(Oc2cccc3c2C(=O)N(C)C3)n1. The van der Waals surface area contributed by atoms with Crippen molar-refractivity contribution in [1.82, 2.24) is 75.4 Å². The topological polar surface area (TPSA) is 336 Å². The highest BCUT2D eigenvalue weighted by molar-refractivity contribution is 6.32. The quantitative estimate of drug-likeness (QED) is 0.0343. The first-order chi connectivity index (χ1) is 57.6. The predicted octanol–water partition coefficient (Wildman–Crippen LogP) is 12.7. The Morgan fingerprint density at radius 1 is 0.450 bits per heavy atom. The first-order valence-corrected chi connectivity index (χ1v) is 39.2. The van der Waals surface area contributed by atoms with Crippen molar-refractivity contribution in [2.45, 2.75) is 82.3 Å². The van der Waals surface area contributed by atoms with Crippen molar-refractivity contribution in [1.29, 1.82) is 0 Å². The molecule has 0 aliphatic carbocycles. The van der Waals surface area contributed by atoms with E-state index in [9.17, 15) is 41.9 Å². The summed E-state index contributed by atoms with van der Waals surface area (Å²) < 4.78 is 90.7. The van der Waals surface area contributed by atoms with Crippen molar-refractivity contribution in [3.05, 3.63) is 193 Å². The predicted molar refractivity (Wildman–Crippen MR) is 437 cm³/mol. The van der Waals surface area contributed by atoms with Crippen LogP contribution < -0.4 is 60.3 Å². The molecule has 37 heteroatoms. The Bertz CT molecular complexity index is 5350. The fourth-order valence-corrected chi connectivity index (χ4v) is 14.5. The molecule has 31 nitrogen and oxygen atoms in total. The number of anilines is 6. The van der Waals surface area contributed by atoms with Gasteiger partial charge < -0.3 is 84.8 Å². The molecule has 9 aromatic rings. The van der Waals surface area contributed by atoms with Crippen LogP contribution >= 0.6 is 23.2 Å². The number of fused-ring (bicyclic) bond motifs is 3. The zero-order chi connectivity index (χ0) is 85.2. The largest absolute Gasteiger partial charge is 0.495 e. The number of likely N-dealkylation sites (N-methyl/N-ethyl adjacent to an activating group) is 1. The first-order valence-electron chi connectivity index (χ1n) is 38.4. The van der Waals surface area contributed by atoms with E-state index in [0.29, 0.717) is 76.4 Å². The normalized spacial score (nSPS) is 15.9. The Balaban J connectivity index is 0.000000156. The van der Waals surface area contributed by atoms with Gasteiger partial charge in [-0.05, 0) is 183 Å². The summed E-state index contributed by atoms with van der Waals surface area (Å²) in [6.45, 7) is 6.73. The van der Waals surface area contributed by atoms with Gasteiger partial charge >= 0.3 is 6.18 Å². The second-order valence-electron chi connectivity index (χ2n) is 29.3. The molecule has 6 amide bonds. The van der Waals surface area contributed by atoms with Crippen LogP contribution in [-0.4, -0.2) is 223 Å². The maximum Gasteiger partial charge on any atom is 0.423 e. The zero-order valence-electron chi connectivity index (χ0n) is 67.0. The average Bonchev–Trinajstić information content (AvgIpc) is 1.77. The number of benzene rings is 6. The molecule has 0 saturated carbocycles. The van der Waals surface area contributed by atoms with E-state index in [4.69, 9.17) is 56.5 Å². The molecule has 0 unspecified atom stereocenters. The summed E-state index contributed by atoms with van der Waals surface area (Å²) in [5.41, 5.74) is 3.95. The third-order valence-corrected chi connectivity index (χ3v) is 21.5. The summed E-state index contributed by atoms with van der Waals surface area (Å²) in [5, 5.41) is 19.4. The average molecular weight is 1690 g/mol. The van der Waals surface area contributed by atoms with Crippen LogP contribution in [0.25, 0.3) is 0 Å². The van der Waals surface area contributed by atoms with E-state index in [1.54, 1.807) is 85.7 Å². The summed E-state index contributed by atoms with van der Waals surface area (Å²) in [7, 11) is 15.3. The molecular weight excluding hydrogens is 1600 g/mol. The molecule has 9 heterocycles. The van der Waals surface area contributed by atoms with E-state index in [2.05, 4.69) is 83.6 Å². The van der Waals surface area contributed by atoms with Crippen LogP contribution in [0.2, 0.25) is 10.0 Å². The van der Waals surface area contributed by atoms with Gasteiger partial charge in [0.25, 0.3) is 35.4 Å². The lowest BCUT2D eigenvalue weighted by Crippen LogP contribution is -2.43. The van der Waals surface area contributed by atoms with Crippen molar-refractivity contribution >= 4 is 93.6 Å². The standard InChI is InChI=1S/C29H31F3N6O4.C27H28ClFN6O5.C27H29ClN6O4/c1-37-12-10-19(11-13-37)34-25(39)18-7-8-21(23(15-18)41-3)35-28-33-16-20(29(30,31)32)26(36-28)42-22-6-4-5-17-9-14-38(2)27(40)24(17)22;1-34-9-7-16(8-10-34)31-24(36)17-11-22(38-2)20(12-19(17)29)32-27-30-13-18(28)25(33-27)40-21-6-4-5-15-14-35(39-3)26(37)23(15)21;1-33-11-9-18(10-12-33)30-24(35)16-7-8-20(22(13-16)37-3)31-27-29-14-19(28)25(32-27)38-21-6-4-5-17-15-34(2)26(36)23(17)21/h4-8,15-16,19H,9-14H2,1-3H3,(H,34,39)(H,33,35,36);4-6,11-13,16H,7-10,14H2,1-3H3,(H,31,36)(H,30,32,33);4-8,13-14,18H,9-12,15H2,1-3H3,(H,30,35)(H,29,31,32). The van der Waals surface area contributed by atoms with Gasteiger partial charge in [0.05, 0.1) is 86.7 Å². The molecule has 0 spiro atoms. The number of hydrogen-bond acceptors (Lipinski definition) is 25. The number of piperidine rings is 3. The van der Waals surface area contributed by atoms with Crippen LogP contribution in [-0.2, 0) is 30.5 Å². The molecule has 0 bridgehead atoms. The molecule has 630 valence electrons. The number of carbonyl (C=O) groups is 6. The molecule has 3 saturated heterocycles. The zero-order valence-corrected chi connectivity index (χ0v) is 68.5. The highest BCUT2D eigenvalue weighted by Crippen LogP contribution is 2.43. The van der Waals surface area contributed by atoms with Crippen LogP contribution in [0.4, 0.5) is 52.5 Å². The summed E-state index contributed by atoms with van der Waals surface area (Å²) in [6, 6.07) is 27.9. The minimum atomic E-state index is -4.82. The lowest BCUT2D eigenvalue weighted by Gasteiger charge is -2.29. The van der Waals surface area contributed by atoms with E-state index in [0.717, 1.165) is 95.0 Å². The van der Waals surface area contributed by atoms with Gasteiger partial charge in [-0.3, -0.25) is 33.6 Å². The maximum atomic E-state index is 15.1. The number of alkyl halides is 3. The second kappa shape index (κ2) is 37.8. The number of rotatable bonds is 22. The van der Waals surface area contributed by atoms with Gasteiger partial charge in [0, 0.05) is 68.7 Å². The van der Waals surface area contributed by atoms with E-state index in [-0.39, 0.29) is 134 Å². The molecule has 0 radical (unpaired) electrons. The molecule has 3 fully saturated rings. The molecule has 3 aromatic heterocycles. The highest BCUT2D eigenvalue weighted by atomic mass is 35.5. The lowest BCUT2D eigenvalue weighted by molar-refractivity contribution is -0.139. The summed E-state index contributed by atoms with van der Waals surface area (Å²) >= 11 is 12.6. The number of halogens is 6. The molecule has 15 rings (SSSR count). The van der Waals surface area contributed by atoms with Crippen molar-refractivity contribution in [3.63, 3.8) is 0 Å². The second-order valence-corrected chi connectivity index (χ2v) is 30.1. The number of nitrogens with zero attached hydrogens (tertiary/aromatic N) is 12. The van der Waals surface area contributed by atoms with Gasteiger partial charge in [0.1, 0.15) is 55.9 Å². The molecule has 120 heavy (non-hydrogen) atoms. The van der Waals surface area contributed by atoms with Crippen molar-refractivity contribution in [2.24, 2.45) is 0 Å². The van der Waals surface area contributed by atoms with Crippen molar-refractivity contribution in [2.75, 3.05) is 125 Å². The smallest absolute Gasteiger partial charge is 0.423 e. The number of amides is 6. The Kier molecular flexibility index (Phi) is 26.9. The van der Waals surface area contributed by atoms with Crippen LogP contribution in [0.3, 0.4) is 0 Å². The minimum absolute atomic E-state index is 0.0218. The van der Waals surface area contributed by atoms with Crippen LogP contribution in [0.5, 0.6) is 52.1 Å². The molecule has 0 atom stereocenters. The highest BCUT2D eigenvalue weighted by Gasteiger charge is 2.39. The number of likely N-dealkylation sites (tertiary alicyclic amines) is 3. The Morgan fingerprint density at radius 3 is 1.32 bits per heavy atom. The summed E-state index contributed by atoms with van der Waals surface area (Å²) in [4.78, 5) is 116. The minimum Gasteiger partial charge on any atom is -0.495 e. The number of hydroxylamine groups is 2. The number of hydrogen-bond donors (Lipinski definition) is 6. The number of ether oxygens (including phenoxy) is 6. The van der Waals surface area contributed by atoms with Gasteiger partial charge in [-0.1, -0.05) is 59.6 Å².